The summed E-state index contributed by atoms with van der Waals surface area (Å²) in [6, 6.07) is 9.10. The van der Waals surface area contributed by atoms with Crippen LogP contribution in [0.25, 0.3) is 0 Å². The second-order valence-electron chi connectivity index (χ2n) is 6.47. The smallest absolute Gasteiger partial charge is 0.242 e. The van der Waals surface area contributed by atoms with Crippen molar-refractivity contribution in [2.45, 2.75) is 31.7 Å². The van der Waals surface area contributed by atoms with E-state index in [2.05, 4.69) is 10.0 Å². The average Bonchev–Trinajstić information content (AvgIpc) is 2.62. The highest BCUT2D eigenvalue weighted by atomic mass is 32.2. The molecule has 0 radical (unpaired) electrons. The van der Waals surface area contributed by atoms with Gasteiger partial charge in [-0.15, -0.1) is 0 Å². The molecule has 146 valence electrons. The number of ether oxygens (including phenoxy) is 1. The molecular formula is C19H23FN2O4S. The van der Waals surface area contributed by atoms with Gasteiger partial charge in [0.1, 0.15) is 17.6 Å². The molecule has 0 fully saturated rings. The molecule has 1 amide bonds. The highest BCUT2D eigenvalue weighted by molar-refractivity contribution is 7.89. The third kappa shape index (κ3) is 5.27. The van der Waals surface area contributed by atoms with Crippen molar-refractivity contribution in [1.29, 1.82) is 0 Å². The summed E-state index contributed by atoms with van der Waals surface area (Å²) in [5.41, 5.74) is 0.714. The lowest BCUT2D eigenvalue weighted by atomic mass is 10.0. The molecule has 27 heavy (non-hydrogen) atoms. The average molecular weight is 394 g/mol. The van der Waals surface area contributed by atoms with Crippen LogP contribution in [0.2, 0.25) is 0 Å². The van der Waals surface area contributed by atoms with Crippen molar-refractivity contribution < 1.29 is 22.3 Å². The van der Waals surface area contributed by atoms with Gasteiger partial charge < -0.3 is 10.1 Å². The summed E-state index contributed by atoms with van der Waals surface area (Å²) in [4.78, 5) is 12.6. The number of anilines is 1. The van der Waals surface area contributed by atoms with Crippen molar-refractivity contribution in [1.82, 2.24) is 4.72 Å². The molecule has 2 N–H and O–H groups in total. The van der Waals surface area contributed by atoms with Gasteiger partial charge in [-0.3, -0.25) is 4.79 Å². The molecule has 0 aliphatic heterocycles. The van der Waals surface area contributed by atoms with Crippen molar-refractivity contribution in [2.75, 3.05) is 12.4 Å². The first-order valence-corrected chi connectivity index (χ1v) is 9.86. The fourth-order valence-corrected chi connectivity index (χ4v) is 3.72. The number of carbonyl (C=O) groups is 1. The van der Waals surface area contributed by atoms with Crippen LogP contribution in [0.5, 0.6) is 5.75 Å². The number of rotatable bonds is 7. The normalized spacial score (nSPS) is 12.7. The topological polar surface area (TPSA) is 84.5 Å². The minimum atomic E-state index is -3.92. The predicted molar refractivity (Wildman–Crippen MR) is 102 cm³/mol. The van der Waals surface area contributed by atoms with Gasteiger partial charge in [-0.25, -0.2) is 12.8 Å². The molecular weight excluding hydrogens is 371 g/mol. The largest absolute Gasteiger partial charge is 0.497 e. The van der Waals surface area contributed by atoms with E-state index in [4.69, 9.17) is 4.74 Å². The molecule has 2 rings (SSSR count). The Labute approximate surface area is 158 Å². The van der Waals surface area contributed by atoms with Crippen LogP contribution in [0.3, 0.4) is 0 Å². The predicted octanol–water partition coefficient (Wildman–Crippen LogP) is 3.08. The standard InChI is InChI=1S/C19H23FN2O4S/c1-12(2)18(19(23)21-14-6-5-13(3)17(20)11-14)22-27(24,25)16-9-7-15(26-4)8-10-16/h5-12,18,22H,1-4H3,(H,21,23). The van der Waals surface area contributed by atoms with Crippen LogP contribution < -0.4 is 14.8 Å². The summed E-state index contributed by atoms with van der Waals surface area (Å²) in [6.07, 6.45) is 0. The second kappa shape index (κ2) is 8.49. The van der Waals surface area contributed by atoms with Crippen molar-refractivity contribution in [3.63, 3.8) is 0 Å². The van der Waals surface area contributed by atoms with Gasteiger partial charge in [0.15, 0.2) is 0 Å². The molecule has 0 aliphatic rings. The summed E-state index contributed by atoms with van der Waals surface area (Å²) in [7, 11) is -2.44. The monoisotopic (exact) mass is 394 g/mol. The first-order chi connectivity index (χ1) is 12.6. The fourth-order valence-electron chi connectivity index (χ4n) is 2.37. The maximum atomic E-state index is 13.7. The molecule has 1 atom stereocenters. The van der Waals surface area contributed by atoms with Crippen LogP contribution in [-0.4, -0.2) is 27.5 Å². The van der Waals surface area contributed by atoms with E-state index in [1.54, 1.807) is 26.8 Å². The molecule has 0 heterocycles. The number of methoxy groups -OCH3 is 1. The van der Waals surface area contributed by atoms with E-state index in [0.717, 1.165) is 0 Å². The van der Waals surface area contributed by atoms with Gasteiger partial charge in [0.25, 0.3) is 0 Å². The van der Waals surface area contributed by atoms with E-state index in [-0.39, 0.29) is 16.5 Å². The van der Waals surface area contributed by atoms with Crippen LogP contribution in [0.4, 0.5) is 10.1 Å². The molecule has 1 unspecified atom stereocenters. The summed E-state index contributed by atoms with van der Waals surface area (Å²) in [6.45, 7) is 5.05. The minimum absolute atomic E-state index is 0.0168. The fraction of sp³-hybridized carbons (Fsp3) is 0.316. The number of benzene rings is 2. The van der Waals surface area contributed by atoms with E-state index >= 15 is 0 Å². The molecule has 8 heteroatoms. The Balaban J connectivity index is 2.20. The number of amides is 1. The van der Waals surface area contributed by atoms with E-state index < -0.39 is 27.8 Å². The first kappa shape index (κ1) is 20.9. The van der Waals surface area contributed by atoms with E-state index in [1.165, 1.54) is 43.5 Å². The third-order valence-corrected chi connectivity index (χ3v) is 5.50. The molecule has 2 aromatic rings. The van der Waals surface area contributed by atoms with Crippen LogP contribution >= 0.6 is 0 Å². The van der Waals surface area contributed by atoms with Gasteiger partial charge in [0.2, 0.25) is 15.9 Å². The lowest BCUT2D eigenvalue weighted by Gasteiger charge is -2.22. The van der Waals surface area contributed by atoms with Crippen molar-refractivity contribution in [2.24, 2.45) is 5.92 Å². The number of aryl methyl sites for hydroxylation is 1. The Morgan fingerprint density at radius 1 is 1.11 bits per heavy atom. The van der Waals surface area contributed by atoms with Gasteiger partial charge in [-0.1, -0.05) is 19.9 Å². The van der Waals surface area contributed by atoms with Gasteiger partial charge in [0, 0.05) is 5.69 Å². The van der Waals surface area contributed by atoms with Crippen LogP contribution in [0.15, 0.2) is 47.4 Å². The lowest BCUT2D eigenvalue weighted by Crippen LogP contribution is -2.47. The molecule has 0 aliphatic carbocycles. The van der Waals surface area contributed by atoms with Crippen LogP contribution in [-0.2, 0) is 14.8 Å². The summed E-state index contributed by atoms with van der Waals surface area (Å²) in [5.74, 6) is -0.820. The Morgan fingerprint density at radius 2 is 1.74 bits per heavy atom. The van der Waals surface area contributed by atoms with E-state index in [0.29, 0.717) is 11.3 Å². The summed E-state index contributed by atoms with van der Waals surface area (Å²) in [5, 5.41) is 2.56. The zero-order valence-corrected chi connectivity index (χ0v) is 16.4. The maximum absolute atomic E-state index is 13.7. The van der Waals surface area contributed by atoms with Crippen molar-refractivity contribution in [3.05, 3.63) is 53.8 Å². The van der Waals surface area contributed by atoms with E-state index in [9.17, 15) is 17.6 Å². The van der Waals surface area contributed by atoms with Gasteiger partial charge in [0.05, 0.1) is 12.0 Å². The zero-order valence-electron chi connectivity index (χ0n) is 15.6. The number of nitrogens with one attached hydrogen (secondary N) is 2. The quantitative estimate of drug-likeness (QED) is 0.756. The van der Waals surface area contributed by atoms with Crippen LogP contribution in [0, 0.1) is 18.7 Å². The molecule has 6 nitrogen and oxygen atoms in total. The molecule has 0 aromatic heterocycles. The Kier molecular flexibility index (Phi) is 6.56. The Bertz CT molecular complexity index is 912. The highest BCUT2D eigenvalue weighted by Gasteiger charge is 2.28. The van der Waals surface area contributed by atoms with Gasteiger partial charge in [-0.2, -0.15) is 4.72 Å². The highest BCUT2D eigenvalue weighted by Crippen LogP contribution is 2.18. The third-order valence-electron chi connectivity index (χ3n) is 4.04. The van der Waals surface area contributed by atoms with Gasteiger partial charge in [-0.05, 0) is 54.8 Å². The molecule has 2 aromatic carbocycles. The number of hydrogen-bond acceptors (Lipinski definition) is 4. The van der Waals surface area contributed by atoms with Gasteiger partial charge >= 0.3 is 0 Å². The molecule has 0 spiro atoms. The number of halogens is 1. The SMILES string of the molecule is COc1ccc(S(=O)(=O)NC(C(=O)Nc2ccc(C)c(F)c2)C(C)C)cc1. The molecule has 0 saturated heterocycles. The lowest BCUT2D eigenvalue weighted by molar-refractivity contribution is -0.118. The number of carbonyl (C=O) groups excluding carboxylic acids is 1. The van der Waals surface area contributed by atoms with Crippen LogP contribution in [0.1, 0.15) is 19.4 Å². The first-order valence-electron chi connectivity index (χ1n) is 8.37. The summed E-state index contributed by atoms with van der Waals surface area (Å²) >= 11 is 0. The number of sulfonamides is 1. The zero-order chi connectivity index (χ0) is 20.2. The van der Waals surface area contributed by atoms with Crippen molar-refractivity contribution in [3.8, 4) is 5.75 Å². The molecule has 0 saturated carbocycles. The minimum Gasteiger partial charge on any atom is -0.497 e. The maximum Gasteiger partial charge on any atom is 0.242 e. The Morgan fingerprint density at radius 3 is 2.26 bits per heavy atom. The Hall–Kier alpha value is -2.45. The second-order valence-corrected chi connectivity index (χ2v) is 8.19. The number of hydrogen-bond donors (Lipinski definition) is 2. The van der Waals surface area contributed by atoms with E-state index in [1.807, 2.05) is 0 Å². The summed E-state index contributed by atoms with van der Waals surface area (Å²) < 4.78 is 46.3. The van der Waals surface area contributed by atoms with Crippen molar-refractivity contribution >= 4 is 21.6 Å². The molecule has 0 bridgehead atoms.